The first-order chi connectivity index (χ1) is 18.9. The molecule has 0 aliphatic carbocycles. The molecule has 0 unspecified atom stereocenters. The Labute approximate surface area is 230 Å². The van der Waals surface area contributed by atoms with Crippen LogP contribution in [0, 0.1) is 5.82 Å². The van der Waals surface area contributed by atoms with Crippen molar-refractivity contribution < 1.29 is 23.1 Å². The number of hydrogen-bond acceptors (Lipinski definition) is 5. The van der Waals surface area contributed by atoms with E-state index in [1.807, 2.05) is 0 Å². The number of rotatable bonds is 11. The predicted molar refractivity (Wildman–Crippen MR) is 147 cm³/mol. The number of methoxy groups -OCH3 is 1. The van der Waals surface area contributed by atoms with Gasteiger partial charge in [-0.05, 0) is 60.5 Å². The molecular formula is C30H28ClFN2O5. The molecule has 0 saturated carbocycles. The number of hydrogen-bond donors (Lipinski definition) is 0. The van der Waals surface area contributed by atoms with E-state index in [1.165, 1.54) is 28.2 Å². The highest BCUT2D eigenvalue weighted by Gasteiger charge is 2.24. The zero-order valence-corrected chi connectivity index (χ0v) is 22.2. The summed E-state index contributed by atoms with van der Waals surface area (Å²) in [6.07, 6.45) is 1.88. The molecule has 39 heavy (non-hydrogen) atoms. The van der Waals surface area contributed by atoms with Crippen LogP contribution in [-0.2, 0) is 22.6 Å². The van der Waals surface area contributed by atoms with Crippen LogP contribution in [0.5, 0.6) is 0 Å². The number of fused-ring (bicyclic) bond motifs is 1. The molecule has 2 amide bonds. The Hall–Kier alpha value is -4.01. The molecular weight excluding hydrogens is 523 g/mol. The number of nitrogens with zero attached hydrogens (tertiary/aromatic N) is 2. The fourth-order valence-corrected chi connectivity index (χ4v) is 4.29. The lowest BCUT2D eigenvalue weighted by Crippen LogP contribution is -2.43. The van der Waals surface area contributed by atoms with Crippen LogP contribution in [0.25, 0.3) is 11.0 Å². The van der Waals surface area contributed by atoms with Gasteiger partial charge in [-0.25, -0.2) is 4.39 Å². The fourth-order valence-electron chi connectivity index (χ4n) is 4.17. The van der Waals surface area contributed by atoms with E-state index >= 15 is 0 Å². The van der Waals surface area contributed by atoms with Gasteiger partial charge in [-0.2, -0.15) is 0 Å². The van der Waals surface area contributed by atoms with Crippen molar-refractivity contribution in [2.45, 2.75) is 19.5 Å². The third-order valence-electron chi connectivity index (χ3n) is 6.23. The van der Waals surface area contributed by atoms with E-state index in [0.717, 1.165) is 0 Å². The van der Waals surface area contributed by atoms with Crippen LogP contribution in [0.3, 0.4) is 0 Å². The maximum absolute atomic E-state index is 13.7. The van der Waals surface area contributed by atoms with E-state index in [1.54, 1.807) is 67.8 Å². The predicted octanol–water partition coefficient (Wildman–Crippen LogP) is 5.29. The summed E-state index contributed by atoms with van der Waals surface area (Å²) in [5, 5.41) is 0.900. The van der Waals surface area contributed by atoms with E-state index in [-0.39, 0.29) is 43.4 Å². The highest BCUT2D eigenvalue weighted by molar-refractivity contribution is 6.30. The molecule has 0 spiro atoms. The SMILES string of the molecule is COCCCN(CC(=O)N(Cc1ccc(F)cc1)Cc1coc2ccccc2c1=O)C(=O)c1ccc(Cl)cc1. The Morgan fingerprint density at radius 2 is 1.67 bits per heavy atom. The molecule has 1 aromatic heterocycles. The van der Waals surface area contributed by atoms with E-state index in [9.17, 15) is 18.8 Å². The number of halogens is 2. The molecule has 3 aromatic carbocycles. The first-order valence-electron chi connectivity index (χ1n) is 12.4. The van der Waals surface area contributed by atoms with E-state index in [2.05, 4.69) is 0 Å². The number of ether oxygens (including phenoxy) is 1. The molecule has 9 heteroatoms. The third-order valence-corrected chi connectivity index (χ3v) is 6.49. The molecule has 7 nitrogen and oxygen atoms in total. The van der Waals surface area contributed by atoms with Crippen LogP contribution < -0.4 is 5.43 Å². The molecule has 4 aromatic rings. The van der Waals surface area contributed by atoms with Gasteiger partial charge in [-0.3, -0.25) is 14.4 Å². The van der Waals surface area contributed by atoms with E-state index < -0.39 is 5.82 Å². The Kier molecular flexibility index (Phi) is 9.46. The van der Waals surface area contributed by atoms with Gasteiger partial charge in [0.1, 0.15) is 17.9 Å². The molecule has 0 saturated heterocycles. The molecule has 0 N–H and O–H groups in total. The number of carbonyl (C=O) groups excluding carboxylic acids is 2. The summed E-state index contributed by atoms with van der Waals surface area (Å²) < 4.78 is 24.3. The summed E-state index contributed by atoms with van der Waals surface area (Å²) in [5.74, 6) is -1.11. The van der Waals surface area contributed by atoms with Crippen molar-refractivity contribution in [3.05, 3.63) is 117 Å². The van der Waals surface area contributed by atoms with Crippen LogP contribution in [0.1, 0.15) is 27.9 Å². The maximum Gasteiger partial charge on any atom is 0.254 e. The molecule has 202 valence electrons. The van der Waals surface area contributed by atoms with Gasteiger partial charge >= 0.3 is 0 Å². The molecule has 0 radical (unpaired) electrons. The lowest BCUT2D eigenvalue weighted by Gasteiger charge is -2.28. The summed E-state index contributed by atoms with van der Waals surface area (Å²) in [4.78, 5) is 43.1. The van der Waals surface area contributed by atoms with Crippen molar-refractivity contribution in [3.8, 4) is 0 Å². The first kappa shape index (κ1) is 28.0. The topological polar surface area (TPSA) is 80.1 Å². The van der Waals surface area contributed by atoms with Crippen molar-refractivity contribution in [2.24, 2.45) is 0 Å². The normalized spacial score (nSPS) is 10.9. The molecule has 0 atom stereocenters. The van der Waals surface area contributed by atoms with Gasteiger partial charge < -0.3 is 19.0 Å². The maximum atomic E-state index is 13.7. The fraction of sp³-hybridized carbons (Fsp3) is 0.233. The Morgan fingerprint density at radius 1 is 0.949 bits per heavy atom. The summed E-state index contributed by atoms with van der Waals surface area (Å²) >= 11 is 5.98. The summed E-state index contributed by atoms with van der Waals surface area (Å²) in [7, 11) is 1.57. The second-order valence-electron chi connectivity index (χ2n) is 9.04. The number of amides is 2. The minimum Gasteiger partial charge on any atom is -0.464 e. The van der Waals surface area contributed by atoms with Gasteiger partial charge in [-0.1, -0.05) is 35.9 Å². The number of benzene rings is 3. The van der Waals surface area contributed by atoms with Gasteiger partial charge in [0.25, 0.3) is 5.91 Å². The van der Waals surface area contributed by atoms with Crippen LogP contribution in [0.15, 0.2) is 88.3 Å². The average molecular weight is 551 g/mol. The molecule has 0 aliphatic rings. The summed E-state index contributed by atoms with van der Waals surface area (Å²) in [6.45, 7) is 0.516. The minimum absolute atomic E-state index is 0.0512. The van der Waals surface area contributed by atoms with Crippen molar-refractivity contribution in [2.75, 3.05) is 26.8 Å². The van der Waals surface area contributed by atoms with Crippen molar-refractivity contribution in [1.82, 2.24) is 9.80 Å². The Balaban J connectivity index is 1.62. The summed E-state index contributed by atoms with van der Waals surface area (Å²) in [5.41, 5.74) is 1.55. The highest BCUT2D eigenvalue weighted by atomic mass is 35.5. The number of para-hydroxylation sites is 1. The quantitative estimate of drug-likeness (QED) is 0.237. The molecule has 1 heterocycles. The zero-order chi connectivity index (χ0) is 27.8. The zero-order valence-electron chi connectivity index (χ0n) is 21.4. The van der Waals surface area contributed by atoms with E-state index in [0.29, 0.717) is 45.7 Å². The van der Waals surface area contributed by atoms with Crippen molar-refractivity contribution >= 4 is 34.4 Å². The van der Waals surface area contributed by atoms with Gasteiger partial charge in [0.15, 0.2) is 5.43 Å². The van der Waals surface area contributed by atoms with E-state index in [4.69, 9.17) is 20.8 Å². The van der Waals surface area contributed by atoms with Gasteiger partial charge in [-0.15, -0.1) is 0 Å². The molecule has 4 rings (SSSR count). The first-order valence-corrected chi connectivity index (χ1v) is 12.8. The Morgan fingerprint density at radius 3 is 2.38 bits per heavy atom. The highest BCUT2D eigenvalue weighted by Crippen LogP contribution is 2.16. The van der Waals surface area contributed by atoms with Gasteiger partial charge in [0, 0.05) is 37.4 Å². The summed E-state index contributed by atoms with van der Waals surface area (Å²) in [6, 6.07) is 19.1. The largest absolute Gasteiger partial charge is 0.464 e. The third kappa shape index (κ3) is 7.31. The van der Waals surface area contributed by atoms with Crippen LogP contribution in [0.2, 0.25) is 5.02 Å². The lowest BCUT2D eigenvalue weighted by atomic mass is 10.1. The Bertz CT molecular complexity index is 1490. The van der Waals surface area contributed by atoms with Crippen molar-refractivity contribution in [3.63, 3.8) is 0 Å². The smallest absolute Gasteiger partial charge is 0.254 e. The lowest BCUT2D eigenvalue weighted by molar-refractivity contribution is -0.133. The number of carbonyl (C=O) groups is 2. The standard InChI is InChI=1S/C30H28ClFN2O5/c1-38-16-4-15-33(30(37)22-9-11-24(31)12-10-22)19-28(35)34(17-21-7-13-25(32)14-8-21)18-23-20-39-27-6-3-2-5-26(27)29(23)36/h2-3,5-14,20H,4,15-19H2,1H3. The average Bonchev–Trinajstić information content (AvgIpc) is 2.95. The van der Waals surface area contributed by atoms with Gasteiger partial charge in [0.2, 0.25) is 5.91 Å². The van der Waals surface area contributed by atoms with Crippen LogP contribution in [0.4, 0.5) is 4.39 Å². The second kappa shape index (κ2) is 13.2. The van der Waals surface area contributed by atoms with Crippen LogP contribution in [-0.4, -0.2) is 48.4 Å². The molecule has 0 bridgehead atoms. The monoisotopic (exact) mass is 550 g/mol. The van der Waals surface area contributed by atoms with Crippen LogP contribution >= 0.6 is 11.6 Å². The second-order valence-corrected chi connectivity index (χ2v) is 9.48. The van der Waals surface area contributed by atoms with Gasteiger partial charge in [0.05, 0.1) is 23.8 Å². The molecule has 0 aliphatic heterocycles. The van der Waals surface area contributed by atoms with Crippen molar-refractivity contribution in [1.29, 1.82) is 0 Å². The minimum atomic E-state index is -0.398. The molecule has 0 fully saturated rings.